The molecule has 0 aliphatic rings. The number of benzene rings is 1. The molecule has 0 spiro atoms. The Kier molecular flexibility index (Phi) is 5.23. The molecule has 0 aliphatic carbocycles. The van der Waals surface area contributed by atoms with E-state index in [4.69, 9.17) is 5.11 Å². The summed E-state index contributed by atoms with van der Waals surface area (Å²) in [6.07, 6.45) is 1.55. The number of carbonyl (C=O) groups excluding carboxylic acids is 1. The van der Waals surface area contributed by atoms with Gasteiger partial charge in [0.25, 0.3) is 0 Å². The summed E-state index contributed by atoms with van der Waals surface area (Å²) in [5, 5.41) is 11.7. The third-order valence-electron chi connectivity index (χ3n) is 2.63. The number of hydrogen-bond acceptors (Lipinski definition) is 2. The van der Waals surface area contributed by atoms with Gasteiger partial charge >= 0.3 is 5.97 Å². The van der Waals surface area contributed by atoms with E-state index in [2.05, 4.69) is 53.1 Å². The highest BCUT2D eigenvalue weighted by atomic mass is 79.9. The van der Waals surface area contributed by atoms with Crippen molar-refractivity contribution >= 4 is 65.4 Å². The Hall–Kier alpha value is -1.12. The zero-order valence-corrected chi connectivity index (χ0v) is 15.2. The Morgan fingerprint density at radius 1 is 1.19 bits per heavy atom. The lowest BCUT2D eigenvalue weighted by Gasteiger charge is -2.11. The van der Waals surface area contributed by atoms with Gasteiger partial charge in [-0.3, -0.25) is 4.79 Å². The van der Waals surface area contributed by atoms with E-state index in [-0.39, 0.29) is 18.1 Å². The molecule has 0 radical (unpaired) electrons. The number of nitrogens with one attached hydrogen (secondary N) is 1. The summed E-state index contributed by atoms with van der Waals surface area (Å²) in [5.41, 5.74) is 0.659. The van der Waals surface area contributed by atoms with Crippen molar-refractivity contribution in [3.8, 4) is 0 Å². The van der Waals surface area contributed by atoms with Crippen molar-refractivity contribution in [1.82, 2.24) is 4.57 Å². The first-order chi connectivity index (χ1) is 9.88. The number of rotatable bonds is 4. The van der Waals surface area contributed by atoms with Crippen LogP contribution in [-0.2, 0) is 11.3 Å². The fraction of sp³-hybridized carbons (Fsp3) is 0.0769. The number of nitrogens with zero attached hydrogens (tertiary/aromatic N) is 1. The van der Waals surface area contributed by atoms with E-state index in [1.165, 1.54) is 10.6 Å². The number of hydrogen-bond donors (Lipinski definition) is 2. The highest BCUT2D eigenvalue weighted by Gasteiger charge is 2.14. The average molecular weight is 481 g/mol. The van der Waals surface area contributed by atoms with E-state index in [9.17, 15) is 9.59 Å². The van der Waals surface area contributed by atoms with E-state index in [0.717, 1.165) is 4.47 Å². The summed E-state index contributed by atoms with van der Waals surface area (Å²) in [7, 11) is 0. The number of halogens is 3. The standard InChI is InChI=1S/C13H9Br3N2O3/c14-7-4-8(15)12(9(16)5-7)17-11(19)6-18-3-1-2-10(18)13(20)21/h1-5H,6H2,(H,17,19)(H,20,21). The molecule has 0 fully saturated rings. The predicted octanol–water partition coefficient (Wildman–Crippen LogP) is 4.11. The Bertz CT molecular complexity index is 689. The first-order valence-electron chi connectivity index (χ1n) is 5.71. The van der Waals surface area contributed by atoms with Gasteiger partial charge in [0.1, 0.15) is 12.2 Å². The number of aromatic carboxylic acids is 1. The second kappa shape index (κ2) is 6.76. The molecule has 5 nitrogen and oxygen atoms in total. The van der Waals surface area contributed by atoms with Crippen LogP contribution in [0.3, 0.4) is 0 Å². The maximum absolute atomic E-state index is 12.1. The van der Waals surface area contributed by atoms with Gasteiger partial charge in [0, 0.05) is 19.6 Å². The number of carboxylic acids is 1. The van der Waals surface area contributed by atoms with E-state index < -0.39 is 5.97 Å². The van der Waals surface area contributed by atoms with Gasteiger partial charge in [-0.2, -0.15) is 0 Å². The quantitative estimate of drug-likeness (QED) is 0.691. The fourth-order valence-corrected chi connectivity index (χ4v) is 4.20. The van der Waals surface area contributed by atoms with Crippen LogP contribution < -0.4 is 5.32 Å². The van der Waals surface area contributed by atoms with Gasteiger partial charge in [-0.15, -0.1) is 0 Å². The molecule has 1 heterocycles. The molecule has 110 valence electrons. The summed E-state index contributed by atoms with van der Waals surface area (Å²) < 4.78 is 3.65. The number of carboxylic acid groups (broad SMARTS) is 1. The van der Waals surface area contributed by atoms with Crippen LogP contribution in [0.5, 0.6) is 0 Å². The number of amides is 1. The SMILES string of the molecule is O=C(Cn1cccc1C(=O)O)Nc1c(Br)cc(Br)cc1Br. The molecule has 0 unspecified atom stereocenters. The number of carbonyl (C=O) groups is 2. The molecule has 1 aromatic heterocycles. The van der Waals surface area contributed by atoms with Gasteiger partial charge < -0.3 is 15.0 Å². The van der Waals surface area contributed by atoms with Gasteiger partial charge in [-0.25, -0.2) is 4.79 Å². The number of anilines is 1. The molecule has 8 heteroatoms. The zero-order valence-electron chi connectivity index (χ0n) is 10.4. The van der Waals surface area contributed by atoms with E-state index >= 15 is 0 Å². The minimum atomic E-state index is -1.07. The van der Waals surface area contributed by atoms with Crippen molar-refractivity contribution in [2.75, 3.05) is 5.32 Å². The lowest BCUT2D eigenvalue weighted by Crippen LogP contribution is -2.21. The second-order valence-corrected chi connectivity index (χ2v) is 6.74. The van der Waals surface area contributed by atoms with Crippen molar-refractivity contribution in [1.29, 1.82) is 0 Å². The molecule has 0 saturated carbocycles. The van der Waals surface area contributed by atoms with Crippen LogP contribution >= 0.6 is 47.8 Å². The predicted molar refractivity (Wildman–Crippen MR) is 89.6 cm³/mol. The maximum atomic E-state index is 12.1. The lowest BCUT2D eigenvalue weighted by atomic mass is 10.3. The van der Waals surface area contributed by atoms with Crippen LogP contribution in [0.4, 0.5) is 5.69 Å². The summed E-state index contributed by atoms with van der Waals surface area (Å²) in [6.45, 7) is -0.0798. The molecular formula is C13H9Br3N2O3. The summed E-state index contributed by atoms with van der Waals surface area (Å²) in [6, 6.07) is 6.64. The third kappa shape index (κ3) is 3.96. The molecule has 2 aromatic rings. The van der Waals surface area contributed by atoms with Gasteiger partial charge in [-0.1, -0.05) is 15.9 Å². The summed E-state index contributed by atoms with van der Waals surface area (Å²) in [4.78, 5) is 23.1. The first-order valence-corrected chi connectivity index (χ1v) is 8.09. The molecule has 21 heavy (non-hydrogen) atoms. The van der Waals surface area contributed by atoms with Crippen LogP contribution in [0.1, 0.15) is 10.5 Å². The van der Waals surface area contributed by atoms with Gasteiger partial charge in [0.05, 0.1) is 5.69 Å². The van der Waals surface area contributed by atoms with Crippen LogP contribution in [0.15, 0.2) is 43.9 Å². The zero-order chi connectivity index (χ0) is 15.6. The normalized spacial score (nSPS) is 10.4. The van der Waals surface area contributed by atoms with Gasteiger partial charge in [0.2, 0.25) is 5.91 Å². The highest BCUT2D eigenvalue weighted by Crippen LogP contribution is 2.34. The molecule has 2 N–H and O–H groups in total. The van der Waals surface area contributed by atoms with E-state index in [1.807, 2.05) is 0 Å². The molecule has 0 atom stereocenters. The largest absolute Gasteiger partial charge is 0.477 e. The highest BCUT2D eigenvalue weighted by molar-refractivity contribution is 9.11. The van der Waals surface area contributed by atoms with E-state index in [1.54, 1.807) is 24.4 Å². The van der Waals surface area contributed by atoms with Crippen LogP contribution in [0.2, 0.25) is 0 Å². The van der Waals surface area contributed by atoms with E-state index in [0.29, 0.717) is 14.6 Å². The molecule has 2 rings (SSSR count). The molecule has 0 saturated heterocycles. The topological polar surface area (TPSA) is 71.3 Å². The van der Waals surface area contributed by atoms with Crippen LogP contribution in [-0.4, -0.2) is 21.6 Å². The Labute approximate surface area is 145 Å². The maximum Gasteiger partial charge on any atom is 0.352 e. The van der Waals surface area contributed by atoms with Crippen molar-refractivity contribution < 1.29 is 14.7 Å². The average Bonchev–Trinajstić information content (AvgIpc) is 2.82. The van der Waals surface area contributed by atoms with Crippen molar-refractivity contribution in [2.24, 2.45) is 0 Å². The molecule has 1 amide bonds. The molecule has 0 aliphatic heterocycles. The van der Waals surface area contributed by atoms with Crippen molar-refractivity contribution in [3.05, 3.63) is 49.6 Å². The van der Waals surface area contributed by atoms with Crippen LogP contribution in [0, 0.1) is 0 Å². The molecule has 1 aromatic carbocycles. The monoisotopic (exact) mass is 478 g/mol. The van der Waals surface area contributed by atoms with Crippen molar-refractivity contribution in [3.63, 3.8) is 0 Å². The third-order valence-corrected chi connectivity index (χ3v) is 4.34. The summed E-state index contributed by atoms with van der Waals surface area (Å²) >= 11 is 10.1. The Morgan fingerprint density at radius 2 is 1.81 bits per heavy atom. The Morgan fingerprint density at radius 3 is 2.38 bits per heavy atom. The smallest absolute Gasteiger partial charge is 0.352 e. The Balaban J connectivity index is 2.16. The lowest BCUT2D eigenvalue weighted by molar-refractivity contribution is -0.116. The number of aromatic nitrogens is 1. The van der Waals surface area contributed by atoms with Crippen LogP contribution in [0.25, 0.3) is 0 Å². The first kappa shape index (κ1) is 16.3. The minimum absolute atomic E-state index is 0.0686. The minimum Gasteiger partial charge on any atom is -0.477 e. The second-order valence-electron chi connectivity index (χ2n) is 4.12. The fourth-order valence-electron chi connectivity index (χ4n) is 1.74. The molecular weight excluding hydrogens is 472 g/mol. The van der Waals surface area contributed by atoms with Crippen molar-refractivity contribution in [2.45, 2.75) is 6.54 Å². The van der Waals surface area contributed by atoms with Gasteiger partial charge in [0.15, 0.2) is 0 Å². The summed E-state index contributed by atoms with van der Waals surface area (Å²) in [5.74, 6) is -1.39. The molecule has 0 bridgehead atoms. The van der Waals surface area contributed by atoms with Gasteiger partial charge in [-0.05, 0) is 56.1 Å².